The molecular formula is C16H25N3OS. The minimum Gasteiger partial charge on any atom is -0.333 e. The van der Waals surface area contributed by atoms with Crippen LogP contribution < -0.4 is 5.32 Å². The van der Waals surface area contributed by atoms with Crippen LogP contribution >= 0.6 is 11.8 Å². The van der Waals surface area contributed by atoms with Crippen LogP contribution in [0.25, 0.3) is 0 Å². The number of rotatable bonds is 7. The normalized spacial score (nSPS) is 18.7. The summed E-state index contributed by atoms with van der Waals surface area (Å²) < 4.78 is 0. The first-order chi connectivity index (χ1) is 10.3. The number of hydrogen-bond donors (Lipinski definition) is 1. The first kappa shape index (κ1) is 16.3. The van der Waals surface area contributed by atoms with E-state index in [-0.39, 0.29) is 11.9 Å². The zero-order valence-electron chi connectivity index (χ0n) is 12.8. The van der Waals surface area contributed by atoms with Crippen molar-refractivity contribution in [2.45, 2.75) is 32.2 Å². The van der Waals surface area contributed by atoms with Crippen LogP contribution in [0.4, 0.5) is 0 Å². The van der Waals surface area contributed by atoms with Crippen molar-refractivity contribution in [2.24, 2.45) is 0 Å². The van der Waals surface area contributed by atoms with Crippen molar-refractivity contribution in [1.82, 2.24) is 15.2 Å². The molecule has 4 nitrogen and oxygen atoms in total. The van der Waals surface area contributed by atoms with E-state index in [0.29, 0.717) is 6.42 Å². The zero-order valence-corrected chi connectivity index (χ0v) is 13.6. The van der Waals surface area contributed by atoms with Crippen LogP contribution in [0.15, 0.2) is 24.5 Å². The van der Waals surface area contributed by atoms with Crippen molar-refractivity contribution in [2.75, 3.05) is 31.1 Å². The van der Waals surface area contributed by atoms with E-state index < -0.39 is 0 Å². The summed E-state index contributed by atoms with van der Waals surface area (Å²) in [5.74, 6) is 2.37. The molecule has 2 rings (SSSR count). The highest BCUT2D eigenvalue weighted by atomic mass is 32.2. The van der Waals surface area contributed by atoms with Gasteiger partial charge in [0, 0.05) is 44.2 Å². The lowest BCUT2D eigenvalue weighted by molar-refractivity contribution is -0.134. The summed E-state index contributed by atoms with van der Waals surface area (Å²) in [6, 6.07) is 4.12. The summed E-state index contributed by atoms with van der Waals surface area (Å²) in [4.78, 5) is 18.7. The lowest BCUT2D eigenvalue weighted by Gasteiger charge is -2.36. The number of piperazine rings is 1. The molecule has 21 heavy (non-hydrogen) atoms. The molecule has 0 bridgehead atoms. The van der Waals surface area contributed by atoms with Gasteiger partial charge in [0.15, 0.2) is 0 Å². The first-order valence-corrected chi connectivity index (χ1v) is 8.96. The van der Waals surface area contributed by atoms with Crippen molar-refractivity contribution in [3.8, 4) is 0 Å². The molecule has 2 heterocycles. The van der Waals surface area contributed by atoms with Gasteiger partial charge in [-0.1, -0.05) is 19.4 Å². The van der Waals surface area contributed by atoms with E-state index in [0.717, 1.165) is 36.7 Å². The SMILES string of the molecule is CCCCSCCC(=O)N1CCNCC1c1cccnc1. The number of hydrogen-bond acceptors (Lipinski definition) is 4. The van der Waals surface area contributed by atoms with Gasteiger partial charge >= 0.3 is 0 Å². The van der Waals surface area contributed by atoms with Gasteiger partial charge < -0.3 is 10.2 Å². The van der Waals surface area contributed by atoms with Gasteiger partial charge in [0.25, 0.3) is 0 Å². The Labute approximate surface area is 131 Å². The van der Waals surface area contributed by atoms with Gasteiger partial charge in [0.1, 0.15) is 0 Å². The number of carbonyl (C=O) groups is 1. The highest BCUT2D eigenvalue weighted by Gasteiger charge is 2.27. The molecule has 1 aliphatic rings. The molecule has 1 aromatic heterocycles. The van der Waals surface area contributed by atoms with Crippen LogP contribution in [0.3, 0.4) is 0 Å². The number of unbranched alkanes of at least 4 members (excludes halogenated alkanes) is 1. The zero-order chi connectivity index (χ0) is 14.9. The number of nitrogens with one attached hydrogen (secondary N) is 1. The van der Waals surface area contributed by atoms with E-state index >= 15 is 0 Å². The largest absolute Gasteiger partial charge is 0.333 e. The topological polar surface area (TPSA) is 45.2 Å². The van der Waals surface area contributed by atoms with Crippen LogP contribution in [0, 0.1) is 0 Å². The quantitative estimate of drug-likeness (QED) is 0.786. The highest BCUT2D eigenvalue weighted by Crippen LogP contribution is 2.22. The minimum absolute atomic E-state index is 0.126. The third-order valence-corrected chi connectivity index (χ3v) is 4.81. The van der Waals surface area contributed by atoms with E-state index in [4.69, 9.17) is 0 Å². The highest BCUT2D eigenvalue weighted by molar-refractivity contribution is 7.99. The molecule has 0 aromatic carbocycles. The maximum atomic E-state index is 12.5. The monoisotopic (exact) mass is 307 g/mol. The van der Waals surface area contributed by atoms with Gasteiger partial charge in [-0.05, 0) is 23.8 Å². The summed E-state index contributed by atoms with van der Waals surface area (Å²) in [6.07, 6.45) is 6.75. The molecule has 1 aliphatic heterocycles. The number of amides is 1. The Balaban J connectivity index is 1.88. The van der Waals surface area contributed by atoms with Crippen molar-refractivity contribution >= 4 is 17.7 Å². The minimum atomic E-state index is 0.126. The maximum absolute atomic E-state index is 12.5. The summed E-state index contributed by atoms with van der Waals surface area (Å²) in [5, 5.41) is 3.38. The predicted octanol–water partition coefficient (Wildman–Crippen LogP) is 2.48. The second-order valence-electron chi connectivity index (χ2n) is 5.31. The molecule has 116 valence electrons. The third kappa shape index (κ3) is 5.00. The number of carbonyl (C=O) groups excluding carboxylic acids is 1. The molecule has 1 amide bonds. The lowest BCUT2D eigenvalue weighted by atomic mass is 10.1. The fourth-order valence-electron chi connectivity index (χ4n) is 2.53. The number of nitrogens with zero attached hydrogens (tertiary/aromatic N) is 2. The fourth-order valence-corrected chi connectivity index (χ4v) is 3.54. The van der Waals surface area contributed by atoms with Gasteiger partial charge in [-0.3, -0.25) is 9.78 Å². The number of pyridine rings is 1. The summed E-state index contributed by atoms with van der Waals surface area (Å²) in [7, 11) is 0. The van der Waals surface area contributed by atoms with Crippen LogP contribution in [-0.4, -0.2) is 46.9 Å². The maximum Gasteiger partial charge on any atom is 0.224 e. The summed E-state index contributed by atoms with van der Waals surface area (Å²) in [6.45, 7) is 4.69. The number of thioether (sulfide) groups is 1. The van der Waals surface area contributed by atoms with Crippen LogP contribution in [0.1, 0.15) is 37.8 Å². The number of aromatic nitrogens is 1. The summed E-state index contributed by atoms with van der Waals surface area (Å²) in [5.41, 5.74) is 1.12. The molecule has 1 fully saturated rings. The van der Waals surface area contributed by atoms with Gasteiger partial charge in [-0.25, -0.2) is 0 Å². The van der Waals surface area contributed by atoms with Gasteiger partial charge in [0.05, 0.1) is 6.04 Å². The standard InChI is InChI=1S/C16H25N3OS/c1-2-3-10-21-11-6-16(20)19-9-8-18-13-15(19)14-5-4-7-17-12-14/h4-5,7,12,15,18H,2-3,6,8-11,13H2,1H3. The lowest BCUT2D eigenvalue weighted by Crippen LogP contribution is -2.48. The molecule has 1 atom stereocenters. The third-order valence-electron chi connectivity index (χ3n) is 3.74. The Kier molecular flexibility index (Phi) is 7.03. The van der Waals surface area contributed by atoms with Crippen LogP contribution in [0.5, 0.6) is 0 Å². The van der Waals surface area contributed by atoms with Gasteiger partial charge in [0.2, 0.25) is 5.91 Å². The van der Waals surface area contributed by atoms with E-state index in [9.17, 15) is 4.79 Å². The van der Waals surface area contributed by atoms with Crippen LogP contribution in [-0.2, 0) is 4.79 Å². The molecule has 0 saturated carbocycles. The van der Waals surface area contributed by atoms with Gasteiger partial charge in [-0.15, -0.1) is 0 Å². The van der Waals surface area contributed by atoms with E-state index in [1.165, 1.54) is 12.8 Å². The average Bonchev–Trinajstić information content (AvgIpc) is 2.55. The summed E-state index contributed by atoms with van der Waals surface area (Å²) >= 11 is 1.89. The molecule has 0 aliphatic carbocycles. The molecule has 1 unspecified atom stereocenters. The van der Waals surface area contributed by atoms with Crippen molar-refractivity contribution < 1.29 is 4.79 Å². The Morgan fingerprint density at radius 2 is 2.43 bits per heavy atom. The fraction of sp³-hybridized carbons (Fsp3) is 0.625. The molecule has 1 saturated heterocycles. The second kappa shape index (κ2) is 9.05. The second-order valence-corrected chi connectivity index (χ2v) is 6.53. The van der Waals surface area contributed by atoms with E-state index in [1.807, 2.05) is 28.9 Å². The Bertz CT molecular complexity index is 427. The molecule has 1 aromatic rings. The van der Waals surface area contributed by atoms with Gasteiger partial charge in [-0.2, -0.15) is 11.8 Å². The Morgan fingerprint density at radius 1 is 1.52 bits per heavy atom. The average molecular weight is 307 g/mol. The molecule has 0 radical (unpaired) electrons. The van der Waals surface area contributed by atoms with Crippen molar-refractivity contribution in [3.05, 3.63) is 30.1 Å². The molecule has 0 spiro atoms. The van der Waals surface area contributed by atoms with Crippen LogP contribution in [0.2, 0.25) is 0 Å². The van der Waals surface area contributed by atoms with Crippen molar-refractivity contribution in [3.63, 3.8) is 0 Å². The van der Waals surface area contributed by atoms with E-state index in [2.05, 4.69) is 23.3 Å². The first-order valence-electron chi connectivity index (χ1n) is 7.80. The smallest absolute Gasteiger partial charge is 0.224 e. The van der Waals surface area contributed by atoms with E-state index in [1.54, 1.807) is 6.20 Å². The predicted molar refractivity (Wildman–Crippen MR) is 88.4 cm³/mol. The molecule has 5 heteroatoms. The Morgan fingerprint density at radius 3 is 3.19 bits per heavy atom. The molecule has 1 N–H and O–H groups in total. The van der Waals surface area contributed by atoms with Crippen molar-refractivity contribution in [1.29, 1.82) is 0 Å². The Hall–Kier alpha value is -1.07. The molecular weight excluding hydrogens is 282 g/mol.